The van der Waals surface area contributed by atoms with E-state index in [0.717, 1.165) is 0 Å². The average Bonchev–Trinajstić information content (AvgIpc) is 0. The third-order valence-corrected chi connectivity index (χ3v) is 0. The SMILES string of the molecule is Cl.Cl.Cl.Cl.Cl.Cl.[Ba+2].[H-].[H-].[Rh]. The van der Waals surface area contributed by atoms with Crippen LogP contribution >= 0.6 is 74.4 Å². The molecule has 0 rings (SSSR count). The molecule has 0 bridgehead atoms. The molecule has 0 aliphatic carbocycles. The smallest absolute Gasteiger partial charge is 1.00 e. The molecule has 0 fully saturated rings. The van der Waals surface area contributed by atoms with Crippen molar-refractivity contribution in [1.82, 2.24) is 0 Å². The van der Waals surface area contributed by atoms with Crippen LogP contribution in [0.25, 0.3) is 0 Å². The molecule has 8 heteroatoms. The normalized spacial score (nSPS) is 0. The summed E-state index contributed by atoms with van der Waals surface area (Å²) in [4.78, 5) is 0. The van der Waals surface area contributed by atoms with Crippen molar-refractivity contribution in [2.75, 3.05) is 0 Å². The minimum absolute atomic E-state index is 0. The maximum absolute atomic E-state index is 0. The Kier molecular flexibility index (Phi) is 803. The molecule has 0 amide bonds. The summed E-state index contributed by atoms with van der Waals surface area (Å²) in [7, 11) is 0. The Morgan fingerprint density at radius 2 is 0.500 bits per heavy atom. The van der Waals surface area contributed by atoms with Crippen molar-refractivity contribution < 1.29 is 22.3 Å². The Morgan fingerprint density at radius 3 is 0.500 bits per heavy atom. The van der Waals surface area contributed by atoms with Crippen molar-refractivity contribution in [3.63, 3.8) is 0 Å². The van der Waals surface area contributed by atoms with E-state index >= 15 is 0 Å². The van der Waals surface area contributed by atoms with E-state index in [1.54, 1.807) is 0 Å². The first kappa shape index (κ1) is 92.2. The molecule has 8 heavy (non-hydrogen) atoms. The van der Waals surface area contributed by atoms with Crippen LogP contribution in [-0.4, -0.2) is 48.9 Å². The third-order valence-electron chi connectivity index (χ3n) is 0. The summed E-state index contributed by atoms with van der Waals surface area (Å²) in [5, 5.41) is 0. The molecular weight excluding hydrogens is 453 g/mol. The van der Waals surface area contributed by atoms with Crippen LogP contribution in [0, 0.1) is 0 Å². The van der Waals surface area contributed by atoms with Crippen LogP contribution in [-0.2, 0) is 19.5 Å². The van der Waals surface area contributed by atoms with Crippen molar-refractivity contribution >= 4 is 123 Å². The van der Waals surface area contributed by atoms with Crippen LogP contribution in [0.4, 0.5) is 0 Å². The van der Waals surface area contributed by atoms with Crippen molar-refractivity contribution in [2.24, 2.45) is 0 Å². The van der Waals surface area contributed by atoms with Crippen molar-refractivity contribution in [1.29, 1.82) is 0 Å². The van der Waals surface area contributed by atoms with Crippen LogP contribution in [0.1, 0.15) is 2.85 Å². The second-order valence-corrected chi connectivity index (χ2v) is 0. The summed E-state index contributed by atoms with van der Waals surface area (Å²) in [5.41, 5.74) is 0. The number of hydrogen-bond acceptors (Lipinski definition) is 0. The summed E-state index contributed by atoms with van der Waals surface area (Å²) in [6.07, 6.45) is 0. The van der Waals surface area contributed by atoms with E-state index < -0.39 is 0 Å². The van der Waals surface area contributed by atoms with E-state index in [2.05, 4.69) is 0 Å². The fourth-order valence-corrected chi connectivity index (χ4v) is 0. The Morgan fingerprint density at radius 1 is 0.500 bits per heavy atom. The Bertz CT molecular complexity index is 15.7. The molecule has 0 saturated heterocycles. The monoisotopic (exact) mass is 459 g/mol. The van der Waals surface area contributed by atoms with Crippen LogP contribution in [0.2, 0.25) is 0 Å². The molecule has 0 aromatic heterocycles. The van der Waals surface area contributed by atoms with E-state index in [1.807, 2.05) is 0 Å². The van der Waals surface area contributed by atoms with Gasteiger partial charge < -0.3 is 2.85 Å². The molecule has 0 N–H and O–H groups in total. The Balaban J connectivity index is 0. The molecule has 0 nitrogen and oxygen atoms in total. The zero-order valence-corrected chi connectivity index (χ0v) is 14.5. The summed E-state index contributed by atoms with van der Waals surface area (Å²) in [5.74, 6) is 0. The van der Waals surface area contributed by atoms with Crippen molar-refractivity contribution in [3.8, 4) is 0 Å². The minimum Gasteiger partial charge on any atom is -1.00 e. The molecule has 0 aromatic rings. The van der Waals surface area contributed by atoms with E-state index in [9.17, 15) is 0 Å². The summed E-state index contributed by atoms with van der Waals surface area (Å²) >= 11 is 0. The third kappa shape index (κ3) is 51.2. The Hall–Kier alpha value is 3.93. The van der Waals surface area contributed by atoms with E-state index in [-0.39, 0.29) is 146 Å². The van der Waals surface area contributed by atoms with Gasteiger partial charge in [0.1, 0.15) is 0 Å². The standard InChI is InChI=1S/Ba.6ClH.Rh.2H/h;6*1H;;;/q+2;;;;;;;;2*-1. The van der Waals surface area contributed by atoms with Gasteiger partial charge in [0.25, 0.3) is 0 Å². The van der Waals surface area contributed by atoms with Crippen LogP contribution in [0.5, 0.6) is 0 Å². The topological polar surface area (TPSA) is 0 Å². The summed E-state index contributed by atoms with van der Waals surface area (Å²) < 4.78 is 0. The largest absolute Gasteiger partial charge is 2.00 e. The zero-order chi connectivity index (χ0) is 0. The van der Waals surface area contributed by atoms with Gasteiger partial charge in [-0.3, -0.25) is 0 Å². The van der Waals surface area contributed by atoms with Crippen molar-refractivity contribution in [2.45, 2.75) is 0 Å². The number of halogens is 6. The average molecular weight is 461 g/mol. The van der Waals surface area contributed by atoms with Gasteiger partial charge in [-0.1, -0.05) is 0 Å². The first-order valence-electron chi connectivity index (χ1n) is 0. The second kappa shape index (κ2) is 69.7. The molecule has 0 aliphatic rings. The molecule has 0 saturated carbocycles. The molecular formula is H8BaCl6Rh. The van der Waals surface area contributed by atoms with Gasteiger partial charge in [0, 0.05) is 19.5 Å². The zero-order valence-electron chi connectivity index (χ0n) is 5.49. The fraction of sp³-hybridized carbons (Fsp3) is 0. The predicted octanol–water partition coefficient (Wildman–Crippen LogP) is 2.37. The molecule has 0 spiro atoms. The van der Waals surface area contributed by atoms with E-state index in [1.165, 1.54) is 0 Å². The predicted molar refractivity (Wildman–Crippen MR) is 51.5 cm³/mol. The van der Waals surface area contributed by atoms with Gasteiger partial charge in [0.15, 0.2) is 0 Å². The first-order valence-corrected chi connectivity index (χ1v) is 0. The molecule has 1 radical (unpaired) electrons. The maximum atomic E-state index is 0. The van der Waals surface area contributed by atoms with Gasteiger partial charge in [0.2, 0.25) is 0 Å². The quantitative estimate of drug-likeness (QED) is 0.487. The molecule has 0 aromatic carbocycles. The van der Waals surface area contributed by atoms with Gasteiger partial charge in [-0.2, -0.15) is 0 Å². The van der Waals surface area contributed by atoms with Gasteiger partial charge >= 0.3 is 48.9 Å². The van der Waals surface area contributed by atoms with Crippen LogP contribution in [0.3, 0.4) is 0 Å². The maximum Gasteiger partial charge on any atom is 2.00 e. The van der Waals surface area contributed by atoms with Crippen LogP contribution < -0.4 is 0 Å². The molecule has 61 valence electrons. The summed E-state index contributed by atoms with van der Waals surface area (Å²) in [6, 6.07) is 0. The van der Waals surface area contributed by atoms with Gasteiger partial charge in [-0.15, -0.1) is 74.4 Å². The number of hydrogen-bond donors (Lipinski definition) is 0. The van der Waals surface area contributed by atoms with Gasteiger partial charge in [-0.25, -0.2) is 0 Å². The van der Waals surface area contributed by atoms with E-state index in [0.29, 0.717) is 0 Å². The minimum atomic E-state index is 0. The van der Waals surface area contributed by atoms with E-state index in [4.69, 9.17) is 0 Å². The van der Waals surface area contributed by atoms with Crippen LogP contribution in [0.15, 0.2) is 0 Å². The number of rotatable bonds is 0. The molecule has 0 heterocycles. The first-order chi connectivity index (χ1) is 0. The summed E-state index contributed by atoms with van der Waals surface area (Å²) in [6.45, 7) is 0. The molecule has 0 atom stereocenters. The van der Waals surface area contributed by atoms with Gasteiger partial charge in [-0.05, 0) is 0 Å². The molecule has 0 aliphatic heterocycles. The molecule has 0 unspecified atom stereocenters. The van der Waals surface area contributed by atoms with Gasteiger partial charge in [0.05, 0.1) is 0 Å². The second-order valence-electron chi connectivity index (χ2n) is 0. The van der Waals surface area contributed by atoms with Crippen molar-refractivity contribution in [3.05, 3.63) is 0 Å². The fourth-order valence-electron chi connectivity index (χ4n) is 0. The Labute approximate surface area is 143 Å².